The minimum absolute atomic E-state index is 0.0515. The summed E-state index contributed by atoms with van der Waals surface area (Å²) in [7, 11) is 5.81. The van der Waals surface area contributed by atoms with Crippen molar-refractivity contribution in [3.8, 4) is 5.75 Å². The van der Waals surface area contributed by atoms with Crippen LogP contribution in [-0.2, 0) is 0 Å². The average Bonchev–Trinajstić information content (AvgIpc) is 3.11. The number of benzene rings is 3. The predicted octanol–water partition coefficient (Wildman–Crippen LogP) is 3.52. The van der Waals surface area contributed by atoms with E-state index in [1.807, 2.05) is 61.5 Å². The molecule has 0 spiro atoms. The summed E-state index contributed by atoms with van der Waals surface area (Å²) in [6, 6.07) is 20.1. The van der Waals surface area contributed by atoms with Gasteiger partial charge in [-0.3, -0.25) is 4.79 Å². The van der Waals surface area contributed by atoms with E-state index in [1.54, 1.807) is 7.11 Å². The number of nitrogens with one attached hydrogen (secondary N) is 2. The lowest BCUT2D eigenvalue weighted by Crippen LogP contribution is -3.07. The first-order valence-electron chi connectivity index (χ1n) is 10.1. The van der Waals surface area contributed by atoms with E-state index in [0.29, 0.717) is 12.3 Å². The summed E-state index contributed by atoms with van der Waals surface area (Å²) in [6.45, 7) is 2.41. The normalized spacial score (nSPS) is 12.4. The lowest BCUT2D eigenvalue weighted by molar-refractivity contribution is -0.890. The Morgan fingerprint density at radius 3 is 2.53 bits per heavy atom. The zero-order valence-electron chi connectivity index (χ0n) is 17.8. The number of methoxy groups -OCH3 is 1. The fourth-order valence-corrected chi connectivity index (χ4v) is 4.02. The van der Waals surface area contributed by atoms with Gasteiger partial charge in [0, 0.05) is 16.3 Å². The molecule has 154 valence electrons. The number of rotatable bonds is 6. The van der Waals surface area contributed by atoms with Crippen LogP contribution in [0.15, 0.2) is 65.1 Å². The molecule has 0 radical (unpaired) electrons. The first kappa shape index (κ1) is 20.0. The van der Waals surface area contributed by atoms with E-state index in [2.05, 4.69) is 25.5 Å². The molecular weight excluding hydrogens is 376 g/mol. The van der Waals surface area contributed by atoms with Crippen molar-refractivity contribution in [3.63, 3.8) is 0 Å². The number of aryl methyl sites for hydroxylation is 1. The third-order valence-electron chi connectivity index (χ3n) is 5.71. The standard InChI is InChI=1S/C25H26N2O3/c1-16-18-14-13-17-9-5-6-10-19(17)24(18)30-23(16)25(28)26-15-21(27(2)3)20-11-7-8-12-22(20)29-4/h5-14,21H,15H2,1-4H3,(H,26,28)/p+1/t21-/m1/s1. The van der Waals surface area contributed by atoms with Gasteiger partial charge in [-0.25, -0.2) is 0 Å². The molecular formula is C25H27N2O3+. The van der Waals surface area contributed by atoms with Crippen LogP contribution in [0.4, 0.5) is 0 Å². The van der Waals surface area contributed by atoms with Crippen molar-refractivity contribution >= 4 is 27.6 Å². The van der Waals surface area contributed by atoms with E-state index in [4.69, 9.17) is 9.15 Å². The van der Waals surface area contributed by atoms with Crippen molar-refractivity contribution < 1.29 is 18.8 Å². The van der Waals surface area contributed by atoms with Crippen molar-refractivity contribution in [2.45, 2.75) is 13.0 Å². The maximum atomic E-state index is 13.0. The molecule has 0 unspecified atom stereocenters. The second-order valence-corrected chi connectivity index (χ2v) is 7.80. The van der Waals surface area contributed by atoms with Crippen LogP contribution in [0, 0.1) is 6.92 Å². The van der Waals surface area contributed by atoms with Crippen LogP contribution in [0.2, 0.25) is 0 Å². The Kier molecular flexibility index (Phi) is 5.46. The fraction of sp³-hybridized carbons (Fsp3) is 0.240. The second kappa shape index (κ2) is 8.20. The Morgan fingerprint density at radius 2 is 1.77 bits per heavy atom. The zero-order chi connectivity index (χ0) is 21.3. The summed E-state index contributed by atoms with van der Waals surface area (Å²) in [6.07, 6.45) is 0. The lowest BCUT2D eigenvalue weighted by atomic mass is 10.0. The van der Waals surface area contributed by atoms with Crippen LogP contribution in [0.5, 0.6) is 5.75 Å². The van der Waals surface area contributed by atoms with Crippen LogP contribution in [0.3, 0.4) is 0 Å². The Labute approximate surface area is 176 Å². The van der Waals surface area contributed by atoms with E-state index < -0.39 is 0 Å². The molecule has 2 N–H and O–H groups in total. The van der Waals surface area contributed by atoms with Gasteiger partial charge in [0.05, 0.1) is 33.3 Å². The van der Waals surface area contributed by atoms with Gasteiger partial charge >= 0.3 is 0 Å². The van der Waals surface area contributed by atoms with E-state index in [-0.39, 0.29) is 11.9 Å². The predicted molar refractivity (Wildman–Crippen MR) is 119 cm³/mol. The highest BCUT2D eigenvalue weighted by Crippen LogP contribution is 2.31. The number of quaternary nitrogens is 1. The first-order valence-corrected chi connectivity index (χ1v) is 10.1. The maximum absolute atomic E-state index is 13.0. The van der Waals surface area contributed by atoms with Crippen molar-refractivity contribution in [1.29, 1.82) is 0 Å². The molecule has 0 aliphatic rings. The smallest absolute Gasteiger partial charge is 0.287 e. The molecule has 30 heavy (non-hydrogen) atoms. The number of likely N-dealkylation sites (N-methyl/N-ethyl adjacent to an activating group) is 1. The number of para-hydroxylation sites is 1. The van der Waals surface area contributed by atoms with E-state index >= 15 is 0 Å². The molecule has 0 aliphatic carbocycles. The topological polar surface area (TPSA) is 55.9 Å². The summed E-state index contributed by atoms with van der Waals surface area (Å²) >= 11 is 0. The summed E-state index contributed by atoms with van der Waals surface area (Å²) < 4.78 is 11.6. The van der Waals surface area contributed by atoms with Gasteiger partial charge in [0.25, 0.3) is 5.91 Å². The summed E-state index contributed by atoms with van der Waals surface area (Å²) in [5.41, 5.74) is 2.68. The highest BCUT2D eigenvalue weighted by molar-refractivity contribution is 6.08. The molecule has 5 heteroatoms. The molecule has 0 bridgehead atoms. The lowest BCUT2D eigenvalue weighted by Gasteiger charge is -2.23. The molecule has 1 heterocycles. The van der Waals surface area contributed by atoms with Crippen LogP contribution in [0.25, 0.3) is 21.7 Å². The summed E-state index contributed by atoms with van der Waals surface area (Å²) in [5.74, 6) is 0.993. The molecule has 0 saturated heterocycles. The number of carbonyl (C=O) groups excluding carboxylic acids is 1. The van der Waals surface area contributed by atoms with Gasteiger partial charge in [-0.05, 0) is 24.4 Å². The van der Waals surface area contributed by atoms with Crippen molar-refractivity contribution in [3.05, 3.63) is 77.6 Å². The number of fused-ring (bicyclic) bond motifs is 3. The number of hydrogen-bond acceptors (Lipinski definition) is 3. The molecule has 0 fully saturated rings. The van der Waals surface area contributed by atoms with Gasteiger partial charge in [-0.1, -0.05) is 48.5 Å². The molecule has 5 nitrogen and oxygen atoms in total. The van der Waals surface area contributed by atoms with E-state index in [1.165, 1.54) is 4.90 Å². The molecule has 1 aromatic heterocycles. The molecule has 4 aromatic rings. The van der Waals surface area contributed by atoms with Gasteiger partial charge in [0.1, 0.15) is 17.4 Å². The number of carbonyl (C=O) groups is 1. The Balaban J connectivity index is 1.62. The third-order valence-corrected chi connectivity index (χ3v) is 5.71. The van der Waals surface area contributed by atoms with Gasteiger partial charge in [0.2, 0.25) is 0 Å². The van der Waals surface area contributed by atoms with Crippen LogP contribution in [-0.4, -0.2) is 33.7 Å². The van der Waals surface area contributed by atoms with Gasteiger partial charge < -0.3 is 19.4 Å². The SMILES string of the molecule is COc1ccccc1[C@@H](CNC(=O)c1oc2c(ccc3ccccc32)c1C)[NH+](C)C. The van der Waals surface area contributed by atoms with Crippen molar-refractivity contribution in [2.24, 2.45) is 0 Å². The van der Waals surface area contributed by atoms with Gasteiger partial charge in [-0.15, -0.1) is 0 Å². The molecule has 0 saturated carbocycles. The summed E-state index contributed by atoms with van der Waals surface area (Å²) in [4.78, 5) is 14.2. The van der Waals surface area contributed by atoms with Crippen LogP contribution < -0.4 is 15.0 Å². The molecule has 1 atom stereocenters. The molecule has 4 rings (SSSR count). The van der Waals surface area contributed by atoms with E-state index in [0.717, 1.165) is 38.6 Å². The average molecular weight is 404 g/mol. The minimum atomic E-state index is -0.200. The van der Waals surface area contributed by atoms with Crippen molar-refractivity contribution in [2.75, 3.05) is 27.7 Å². The Hall–Kier alpha value is -3.31. The highest BCUT2D eigenvalue weighted by Gasteiger charge is 2.25. The monoisotopic (exact) mass is 403 g/mol. The second-order valence-electron chi connectivity index (χ2n) is 7.80. The fourth-order valence-electron chi connectivity index (χ4n) is 4.02. The number of furan rings is 1. The quantitative estimate of drug-likeness (QED) is 0.518. The zero-order valence-corrected chi connectivity index (χ0v) is 17.8. The number of amides is 1. The first-order chi connectivity index (χ1) is 14.5. The molecule has 1 amide bonds. The molecule has 0 aliphatic heterocycles. The van der Waals surface area contributed by atoms with E-state index in [9.17, 15) is 4.79 Å². The largest absolute Gasteiger partial charge is 0.496 e. The van der Waals surface area contributed by atoms with Crippen LogP contribution in [0.1, 0.15) is 27.7 Å². The maximum Gasteiger partial charge on any atom is 0.287 e. The third kappa shape index (κ3) is 3.53. The molecule has 3 aromatic carbocycles. The van der Waals surface area contributed by atoms with Gasteiger partial charge in [0.15, 0.2) is 5.76 Å². The Morgan fingerprint density at radius 1 is 1.03 bits per heavy atom. The Bertz CT molecular complexity index is 1210. The van der Waals surface area contributed by atoms with Gasteiger partial charge in [-0.2, -0.15) is 0 Å². The minimum Gasteiger partial charge on any atom is -0.496 e. The van der Waals surface area contributed by atoms with Crippen molar-refractivity contribution in [1.82, 2.24) is 5.32 Å². The highest BCUT2D eigenvalue weighted by atomic mass is 16.5. The van der Waals surface area contributed by atoms with Crippen LogP contribution >= 0.6 is 0 Å². The number of hydrogen-bond donors (Lipinski definition) is 2. The summed E-state index contributed by atoms with van der Waals surface area (Å²) in [5, 5.41) is 6.15. The number of ether oxygens (including phenoxy) is 1.